The van der Waals surface area contributed by atoms with E-state index in [1.54, 1.807) is 0 Å². The monoisotopic (exact) mass is 250 g/mol. The molecule has 0 atom stereocenters. The van der Waals surface area contributed by atoms with Gasteiger partial charge in [0.1, 0.15) is 5.82 Å². The number of carbonyl (C=O) groups is 1. The number of nitrogens with one attached hydrogen (secondary N) is 1. The van der Waals surface area contributed by atoms with Crippen LogP contribution in [0.1, 0.15) is 10.4 Å². The maximum absolute atomic E-state index is 13.5. The van der Waals surface area contributed by atoms with Crippen molar-refractivity contribution in [2.24, 2.45) is 0 Å². The third-order valence-electron chi connectivity index (χ3n) is 2.11. The molecule has 0 aliphatic rings. The molecule has 0 fully saturated rings. The Bertz CT molecular complexity index is 589. The van der Waals surface area contributed by atoms with E-state index in [1.165, 1.54) is 18.6 Å². The largest absolute Gasteiger partial charge is 0.396 e. The van der Waals surface area contributed by atoms with Crippen LogP contribution in [0, 0.1) is 11.6 Å². The van der Waals surface area contributed by atoms with Crippen LogP contribution in [0.5, 0.6) is 0 Å². The van der Waals surface area contributed by atoms with E-state index >= 15 is 0 Å². The molecule has 0 aliphatic carbocycles. The van der Waals surface area contributed by atoms with Crippen LogP contribution in [-0.2, 0) is 0 Å². The molecule has 0 bridgehead atoms. The van der Waals surface area contributed by atoms with Gasteiger partial charge in [0.25, 0.3) is 5.91 Å². The number of nitrogen functional groups attached to an aromatic ring is 1. The maximum atomic E-state index is 13.5. The molecule has 0 unspecified atom stereocenters. The number of aromatic nitrogens is 2. The van der Waals surface area contributed by atoms with Crippen molar-refractivity contribution >= 4 is 17.4 Å². The molecule has 0 saturated carbocycles. The molecule has 18 heavy (non-hydrogen) atoms. The highest BCUT2D eigenvalue weighted by atomic mass is 19.1. The minimum Gasteiger partial charge on any atom is -0.396 e. The highest BCUT2D eigenvalue weighted by Gasteiger charge is 2.16. The first-order chi connectivity index (χ1) is 8.58. The molecule has 0 radical (unpaired) electrons. The summed E-state index contributed by atoms with van der Waals surface area (Å²) >= 11 is 0. The fraction of sp³-hybridized carbons (Fsp3) is 0. The fourth-order valence-corrected chi connectivity index (χ4v) is 1.32. The van der Waals surface area contributed by atoms with Crippen molar-refractivity contribution in [1.29, 1.82) is 0 Å². The quantitative estimate of drug-likeness (QED) is 0.793. The number of rotatable bonds is 2. The van der Waals surface area contributed by atoms with Crippen LogP contribution in [0.4, 0.5) is 20.3 Å². The summed E-state index contributed by atoms with van der Waals surface area (Å²) in [5, 5.41) is 2.28. The Morgan fingerprint density at radius 3 is 2.72 bits per heavy atom. The molecule has 0 saturated heterocycles. The molecular formula is C11H8F2N4O. The van der Waals surface area contributed by atoms with E-state index in [-0.39, 0.29) is 5.82 Å². The van der Waals surface area contributed by atoms with E-state index in [0.717, 1.165) is 12.1 Å². The maximum Gasteiger partial charge on any atom is 0.260 e. The summed E-state index contributed by atoms with van der Waals surface area (Å²) in [5.41, 5.74) is 4.31. The molecule has 1 aromatic heterocycles. The molecule has 3 N–H and O–H groups in total. The van der Waals surface area contributed by atoms with Crippen molar-refractivity contribution in [3.05, 3.63) is 47.9 Å². The second-order valence-corrected chi connectivity index (χ2v) is 3.40. The SMILES string of the molecule is Nc1cc(F)cc(C(=O)Nc2cnccn2)c1F. The van der Waals surface area contributed by atoms with Crippen molar-refractivity contribution in [1.82, 2.24) is 9.97 Å². The molecule has 7 heteroatoms. The van der Waals surface area contributed by atoms with Gasteiger partial charge in [-0.2, -0.15) is 0 Å². The van der Waals surface area contributed by atoms with Gasteiger partial charge in [-0.15, -0.1) is 0 Å². The third kappa shape index (κ3) is 2.40. The highest BCUT2D eigenvalue weighted by molar-refractivity contribution is 6.04. The normalized spacial score (nSPS) is 10.1. The molecule has 1 aromatic carbocycles. The summed E-state index contributed by atoms with van der Waals surface area (Å²) in [6.45, 7) is 0. The standard InChI is InChI=1S/C11H8F2N4O/c12-6-3-7(10(13)8(14)4-6)11(18)17-9-5-15-1-2-16-9/h1-5H,14H2,(H,16,17,18). The summed E-state index contributed by atoms with van der Waals surface area (Å²) < 4.78 is 26.6. The van der Waals surface area contributed by atoms with Crippen LogP contribution in [0.15, 0.2) is 30.7 Å². The van der Waals surface area contributed by atoms with E-state index in [4.69, 9.17) is 5.73 Å². The molecule has 1 heterocycles. The lowest BCUT2D eigenvalue weighted by Gasteiger charge is -2.06. The zero-order valence-electron chi connectivity index (χ0n) is 9.02. The first-order valence-corrected chi connectivity index (χ1v) is 4.90. The average Bonchev–Trinajstić information content (AvgIpc) is 2.35. The van der Waals surface area contributed by atoms with Gasteiger partial charge in [0.15, 0.2) is 11.6 Å². The van der Waals surface area contributed by atoms with Gasteiger partial charge >= 0.3 is 0 Å². The van der Waals surface area contributed by atoms with Gasteiger partial charge in [-0.3, -0.25) is 9.78 Å². The summed E-state index contributed by atoms with van der Waals surface area (Å²) in [6, 6.07) is 1.56. The zero-order valence-corrected chi connectivity index (χ0v) is 9.02. The lowest BCUT2D eigenvalue weighted by Crippen LogP contribution is -2.16. The molecule has 5 nitrogen and oxygen atoms in total. The van der Waals surface area contributed by atoms with Crippen molar-refractivity contribution < 1.29 is 13.6 Å². The van der Waals surface area contributed by atoms with E-state index < -0.39 is 28.8 Å². The average molecular weight is 250 g/mol. The van der Waals surface area contributed by atoms with Crippen LogP contribution in [0.2, 0.25) is 0 Å². The van der Waals surface area contributed by atoms with Crippen molar-refractivity contribution in [2.45, 2.75) is 0 Å². The number of benzene rings is 1. The van der Waals surface area contributed by atoms with E-state index in [2.05, 4.69) is 15.3 Å². The molecular weight excluding hydrogens is 242 g/mol. The second kappa shape index (κ2) is 4.74. The molecule has 2 aromatic rings. The minimum atomic E-state index is -0.974. The predicted octanol–water partition coefficient (Wildman–Crippen LogP) is 1.59. The van der Waals surface area contributed by atoms with Crippen molar-refractivity contribution in [2.75, 3.05) is 11.1 Å². The number of nitrogens with two attached hydrogens (primary N) is 1. The van der Waals surface area contributed by atoms with Crippen molar-refractivity contribution in [3.8, 4) is 0 Å². The molecule has 0 aliphatic heterocycles. The second-order valence-electron chi connectivity index (χ2n) is 3.40. The van der Waals surface area contributed by atoms with Crippen LogP contribution < -0.4 is 11.1 Å². The van der Waals surface area contributed by atoms with E-state index in [0.29, 0.717) is 0 Å². The first kappa shape index (κ1) is 11.9. The molecule has 2 rings (SSSR count). The Morgan fingerprint density at radius 1 is 1.28 bits per heavy atom. The summed E-state index contributed by atoms with van der Waals surface area (Å²) in [5.74, 6) is -2.49. The van der Waals surface area contributed by atoms with Crippen LogP contribution >= 0.6 is 0 Å². The molecule has 0 spiro atoms. The number of carbonyl (C=O) groups excluding carboxylic acids is 1. The van der Waals surface area contributed by atoms with Gasteiger partial charge in [-0.25, -0.2) is 13.8 Å². The Hall–Kier alpha value is -2.57. The van der Waals surface area contributed by atoms with Crippen LogP contribution in [-0.4, -0.2) is 15.9 Å². The van der Waals surface area contributed by atoms with Crippen LogP contribution in [0.25, 0.3) is 0 Å². The third-order valence-corrected chi connectivity index (χ3v) is 2.11. The topological polar surface area (TPSA) is 80.9 Å². The van der Waals surface area contributed by atoms with E-state index in [9.17, 15) is 13.6 Å². The minimum absolute atomic E-state index is 0.129. The molecule has 92 valence electrons. The fourth-order valence-electron chi connectivity index (χ4n) is 1.32. The Kier molecular flexibility index (Phi) is 3.13. The number of hydrogen-bond donors (Lipinski definition) is 2. The smallest absolute Gasteiger partial charge is 0.260 e. The van der Waals surface area contributed by atoms with Gasteiger partial charge in [-0.1, -0.05) is 0 Å². The first-order valence-electron chi connectivity index (χ1n) is 4.90. The predicted molar refractivity (Wildman–Crippen MR) is 60.8 cm³/mol. The van der Waals surface area contributed by atoms with Gasteiger partial charge in [-0.05, 0) is 12.1 Å². The Morgan fingerprint density at radius 2 is 2.06 bits per heavy atom. The lowest BCUT2D eigenvalue weighted by molar-refractivity contribution is 0.102. The van der Waals surface area contributed by atoms with Crippen molar-refractivity contribution in [3.63, 3.8) is 0 Å². The van der Waals surface area contributed by atoms with Gasteiger partial charge in [0.2, 0.25) is 0 Å². The zero-order chi connectivity index (χ0) is 13.1. The summed E-state index contributed by atoms with van der Waals surface area (Å²) in [6.07, 6.45) is 4.04. The number of halogens is 2. The summed E-state index contributed by atoms with van der Waals surface area (Å²) in [7, 11) is 0. The van der Waals surface area contributed by atoms with Crippen LogP contribution in [0.3, 0.4) is 0 Å². The lowest BCUT2D eigenvalue weighted by atomic mass is 10.1. The number of hydrogen-bond acceptors (Lipinski definition) is 4. The van der Waals surface area contributed by atoms with Gasteiger partial charge in [0.05, 0.1) is 17.4 Å². The van der Waals surface area contributed by atoms with E-state index in [1.807, 2.05) is 0 Å². The number of anilines is 2. The Labute approximate surface area is 101 Å². The number of amides is 1. The summed E-state index contributed by atoms with van der Waals surface area (Å²) in [4.78, 5) is 19.2. The molecule has 1 amide bonds. The van der Waals surface area contributed by atoms with Gasteiger partial charge in [0, 0.05) is 12.4 Å². The Balaban J connectivity index is 2.30. The van der Waals surface area contributed by atoms with Gasteiger partial charge < -0.3 is 11.1 Å². The highest BCUT2D eigenvalue weighted by Crippen LogP contribution is 2.18. The number of nitrogens with zero attached hydrogens (tertiary/aromatic N) is 2.